The molecule has 0 spiro atoms. The maximum atomic E-state index is 12.6. The molecule has 0 amide bonds. The number of rotatable bonds is 4. The summed E-state index contributed by atoms with van der Waals surface area (Å²) in [5, 5.41) is 5.81. The van der Waals surface area contributed by atoms with Crippen molar-refractivity contribution in [3.05, 3.63) is 42.9 Å². The molecule has 2 nitrogen and oxygen atoms in total. The maximum absolute atomic E-state index is 12.6. The number of hydrogen-bond donors (Lipinski definition) is 2. The Balaban J connectivity index is 2.46. The summed E-state index contributed by atoms with van der Waals surface area (Å²) >= 11 is 0. The molecule has 3 heteroatoms. The van der Waals surface area contributed by atoms with Crippen molar-refractivity contribution < 1.29 is 4.39 Å². The van der Waals surface area contributed by atoms with Crippen molar-refractivity contribution >= 4 is 5.69 Å². The first-order valence-corrected chi connectivity index (χ1v) is 3.66. The summed E-state index contributed by atoms with van der Waals surface area (Å²) < 4.78 is 12.6. The molecule has 64 valence electrons. The minimum Gasteiger partial charge on any atom is -0.374 e. The van der Waals surface area contributed by atoms with Gasteiger partial charge in [-0.15, -0.1) is 0 Å². The highest BCUT2D eigenvalue weighted by molar-refractivity contribution is 5.42. The summed E-state index contributed by atoms with van der Waals surface area (Å²) in [4.78, 5) is 0. The second-order valence-corrected chi connectivity index (χ2v) is 2.27. The lowest BCUT2D eigenvalue weighted by molar-refractivity contribution is 0.628. The largest absolute Gasteiger partial charge is 0.374 e. The standard InChI is InChI=1S/C9H11FN2/c1-2-11-7-12-9-5-3-4-8(10)6-9/h2-6,11-12H,1,7H2. The fourth-order valence-electron chi connectivity index (χ4n) is 0.824. The Bertz CT molecular complexity index is 260. The number of anilines is 1. The Morgan fingerprint density at radius 3 is 3.00 bits per heavy atom. The highest BCUT2D eigenvalue weighted by Crippen LogP contribution is 2.07. The molecule has 0 aliphatic heterocycles. The van der Waals surface area contributed by atoms with Gasteiger partial charge < -0.3 is 10.6 Å². The summed E-state index contributed by atoms with van der Waals surface area (Å²) in [5.74, 6) is -0.237. The van der Waals surface area contributed by atoms with E-state index in [0.29, 0.717) is 6.67 Å². The van der Waals surface area contributed by atoms with Crippen LogP contribution in [0.3, 0.4) is 0 Å². The van der Waals surface area contributed by atoms with Crippen molar-refractivity contribution in [1.82, 2.24) is 5.32 Å². The predicted octanol–water partition coefficient (Wildman–Crippen LogP) is 1.93. The van der Waals surface area contributed by atoms with Gasteiger partial charge in [0, 0.05) is 5.69 Å². The minimum absolute atomic E-state index is 0.237. The van der Waals surface area contributed by atoms with Crippen LogP contribution in [0, 0.1) is 5.82 Å². The average Bonchev–Trinajstić information content (AvgIpc) is 2.05. The Kier molecular flexibility index (Phi) is 3.14. The summed E-state index contributed by atoms with van der Waals surface area (Å²) in [6.07, 6.45) is 1.58. The van der Waals surface area contributed by atoms with E-state index in [1.807, 2.05) is 0 Å². The fraction of sp³-hybridized carbons (Fsp3) is 0.111. The van der Waals surface area contributed by atoms with Crippen LogP contribution in [0.25, 0.3) is 0 Å². The zero-order valence-electron chi connectivity index (χ0n) is 6.68. The van der Waals surface area contributed by atoms with Gasteiger partial charge in [0.2, 0.25) is 0 Å². The van der Waals surface area contributed by atoms with Gasteiger partial charge in [-0.1, -0.05) is 12.6 Å². The zero-order valence-corrected chi connectivity index (χ0v) is 6.68. The van der Waals surface area contributed by atoms with Gasteiger partial charge in [-0.3, -0.25) is 0 Å². The molecule has 0 saturated heterocycles. The highest BCUT2D eigenvalue weighted by Gasteiger charge is 1.91. The molecule has 0 aromatic heterocycles. The Hall–Kier alpha value is -1.51. The first kappa shape index (κ1) is 8.59. The van der Waals surface area contributed by atoms with Gasteiger partial charge in [0.05, 0.1) is 6.67 Å². The third kappa shape index (κ3) is 2.62. The maximum Gasteiger partial charge on any atom is 0.125 e. The van der Waals surface area contributed by atoms with E-state index in [0.717, 1.165) is 5.69 Å². The Morgan fingerprint density at radius 2 is 2.33 bits per heavy atom. The van der Waals surface area contributed by atoms with E-state index >= 15 is 0 Å². The van der Waals surface area contributed by atoms with E-state index in [9.17, 15) is 4.39 Å². The zero-order chi connectivity index (χ0) is 8.81. The molecule has 0 unspecified atom stereocenters. The smallest absolute Gasteiger partial charge is 0.125 e. The molecule has 0 fully saturated rings. The molecule has 1 aromatic rings. The molecule has 12 heavy (non-hydrogen) atoms. The van der Waals surface area contributed by atoms with Crippen LogP contribution in [0.1, 0.15) is 0 Å². The van der Waals surface area contributed by atoms with Gasteiger partial charge in [0.25, 0.3) is 0 Å². The first-order chi connectivity index (χ1) is 5.83. The van der Waals surface area contributed by atoms with Crippen LogP contribution < -0.4 is 10.6 Å². The second-order valence-electron chi connectivity index (χ2n) is 2.27. The summed E-state index contributed by atoms with van der Waals surface area (Å²) in [5.41, 5.74) is 0.754. The van der Waals surface area contributed by atoms with Gasteiger partial charge in [-0.05, 0) is 24.4 Å². The topological polar surface area (TPSA) is 24.1 Å². The lowest BCUT2D eigenvalue weighted by Crippen LogP contribution is -2.15. The lowest BCUT2D eigenvalue weighted by atomic mass is 10.3. The lowest BCUT2D eigenvalue weighted by Gasteiger charge is -2.05. The molecule has 0 aliphatic rings. The van der Waals surface area contributed by atoms with Gasteiger partial charge in [-0.2, -0.15) is 0 Å². The molecule has 1 rings (SSSR count). The van der Waals surface area contributed by atoms with Crippen molar-refractivity contribution in [3.8, 4) is 0 Å². The van der Waals surface area contributed by atoms with E-state index in [1.54, 1.807) is 18.3 Å². The molecule has 0 saturated carbocycles. The van der Waals surface area contributed by atoms with E-state index in [-0.39, 0.29) is 5.82 Å². The van der Waals surface area contributed by atoms with Crippen LogP contribution in [0.5, 0.6) is 0 Å². The van der Waals surface area contributed by atoms with Crippen molar-refractivity contribution in [3.63, 3.8) is 0 Å². The van der Waals surface area contributed by atoms with Crippen LogP contribution in [0.15, 0.2) is 37.0 Å². The molecule has 0 bridgehead atoms. The summed E-state index contributed by atoms with van der Waals surface area (Å²) in [7, 11) is 0. The molecule has 0 atom stereocenters. The number of hydrogen-bond acceptors (Lipinski definition) is 2. The quantitative estimate of drug-likeness (QED) is 0.527. The molecule has 2 N–H and O–H groups in total. The normalized spacial score (nSPS) is 9.08. The average molecular weight is 166 g/mol. The first-order valence-electron chi connectivity index (χ1n) is 3.66. The molecule has 0 aliphatic carbocycles. The molecular formula is C9H11FN2. The Morgan fingerprint density at radius 1 is 1.50 bits per heavy atom. The molecular weight excluding hydrogens is 155 g/mol. The number of nitrogens with one attached hydrogen (secondary N) is 2. The predicted molar refractivity (Wildman–Crippen MR) is 48.2 cm³/mol. The van der Waals surface area contributed by atoms with Crippen molar-refractivity contribution in [1.29, 1.82) is 0 Å². The SMILES string of the molecule is C=CNCNc1cccc(F)c1. The third-order valence-corrected chi connectivity index (χ3v) is 1.36. The van der Waals surface area contributed by atoms with Crippen molar-refractivity contribution in [2.24, 2.45) is 0 Å². The minimum atomic E-state index is -0.237. The third-order valence-electron chi connectivity index (χ3n) is 1.36. The second kappa shape index (κ2) is 4.38. The monoisotopic (exact) mass is 166 g/mol. The number of benzene rings is 1. The molecule has 1 aromatic carbocycles. The van der Waals surface area contributed by atoms with Crippen molar-refractivity contribution in [2.45, 2.75) is 0 Å². The van der Waals surface area contributed by atoms with E-state index in [4.69, 9.17) is 0 Å². The van der Waals surface area contributed by atoms with Gasteiger partial charge in [-0.25, -0.2) is 4.39 Å². The molecule has 0 radical (unpaired) electrons. The van der Waals surface area contributed by atoms with Gasteiger partial charge >= 0.3 is 0 Å². The van der Waals surface area contributed by atoms with E-state index < -0.39 is 0 Å². The van der Waals surface area contributed by atoms with Crippen LogP contribution in [-0.4, -0.2) is 6.67 Å². The van der Waals surface area contributed by atoms with Gasteiger partial charge in [0.1, 0.15) is 5.82 Å². The number of halogens is 1. The highest BCUT2D eigenvalue weighted by atomic mass is 19.1. The summed E-state index contributed by atoms with van der Waals surface area (Å²) in [6, 6.07) is 6.30. The van der Waals surface area contributed by atoms with Crippen LogP contribution in [0.4, 0.5) is 10.1 Å². The van der Waals surface area contributed by atoms with Crippen LogP contribution in [0.2, 0.25) is 0 Å². The van der Waals surface area contributed by atoms with Gasteiger partial charge in [0.15, 0.2) is 0 Å². The van der Waals surface area contributed by atoms with E-state index in [1.165, 1.54) is 12.1 Å². The van der Waals surface area contributed by atoms with Crippen molar-refractivity contribution in [2.75, 3.05) is 12.0 Å². The Labute approximate surface area is 71.1 Å². The fourth-order valence-corrected chi connectivity index (χ4v) is 0.824. The molecule has 0 heterocycles. The van der Waals surface area contributed by atoms with E-state index in [2.05, 4.69) is 17.2 Å². The summed E-state index contributed by atoms with van der Waals surface area (Å²) in [6.45, 7) is 4.03. The van der Waals surface area contributed by atoms with Crippen LogP contribution >= 0.6 is 0 Å². The van der Waals surface area contributed by atoms with Crippen LogP contribution in [-0.2, 0) is 0 Å².